The number of nitrogens with one attached hydrogen (secondary N) is 1. The molecular formula is C44H56N4O3. The van der Waals surface area contributed by atoms with Gasteiger partial charge in [-0.3, -0.25) is 14.4 Å². The number of carbonyl (C=O) groups is 3. The zero-order valence-corrected chi connectivity index (χ0v) is 30.2. The van der Waals surface area contributed by atoms with Crippen LogP contribution in [0.2, 0.25) is 0 Å². The summed E-state index contributed by atoms with van der Waals surface area (Å²) in [5.41, 5.74) is 15.5. The van der Waals surface area contributed by atoms with E-state index in [0.29, 0.717) is 45.2 Å². The van der Waals surface area contributed by atoms with Gasteiger partial charge >= 0.3 is 0 Å². The number of amides is 1. The first-order valence-corrected chi connectivity index (χ1v) is 19.6. The third-order valence-electron chi connectivity index (χ3n) is 12.5. The first-order valence-electron chi connectivity index (χ1n) is 19.6. The number of Topliss-reactive ketones (excluding diaryl/α,β-unsaturated/α-hetero) is 2. The molecule has 51 heavy (non-hydrogen) atoms. The molecule has 3 aromatic carbocycles. The van der Waals surface area contributed by atoms with E-state index < -0.39 is 6.04 Å². The number of fused-ring (bicyclic) bond motifs is 2. The Balaban J connectivity index is 1.12. The Morgan fingerprint density at radius 2 is 1.53 bits per heavy atom. The van der Waals surface area contributed by atoms with Gasteiger partial charge in [-0.15, -0.1) is 0 Å². The summed E-state index contributed by atoms with van der Waals surface area (Å²) >= 11 is 0. The van der Waals surface area contributed by atoms with E-state index in [0.717, 1.165) is 71.9 Å². The van der Waals surface area contributed by atoms with E-state index in [9.17, 15) is 14.4 Å². The third-order valence-corrected chi connectivity index (χ3v) is 12.5. The maximum absolute atomic E-state index is 14.6. The maximum Gasteiger partial charge on any atom is 0.223 e. The summed E-state index contributed by atoms with van der Waals surface area (Å²) in [6, 6.07) is 22.2. The lowest BCUT2D eigenvalue weighted by Gasteiger charge is -2.57. The van der Waals surface area contributed by atoms with Gasteiger partial charge in [0.2, 0.25) is 5.91 Å². The third kappa shape index (κ3) is 8.47. The van der Waals surface area contributed by atoms with Crippen molar-refractivity contribution in [1.82, 2.24) is 9.88 Å². The zero-order chi connectivity index (χ0) is 35.4. The van der Waals surface area contributed by atoms with Crippen molar-refractivity contribution < 1.29 is 14.4 Å². The molecule has 0 unspecified atom stereocenters. The van der Waals surface area contributed by atoms with Crippen molar-refractivity contribution in [2.75, 3.05) is 19.6 Å². The molecule has 0 spiro atoms. The zero-order valence-electron chi connectivity index (χ0n) is 30.2. The Morgan fingerprint density at radius 1 is 0.843 bits per heavy atom. The molecular weight excluding hydrogens is 633 g/mol. The van der Waals surface area contributed by atoms with Crippen molar-refractivity contribution in [1.29, 1.82) is 0 Å². The lowest BCUT2D eigenvalue weighted by atomic mass is 9.49. The Labute approximate surface area is 302 Å². The van der Waals surface area contributed by atoms with Gasteiger partial charge in [-0.05, 0) is 128 Å². The first kappa shape index (κ1) is 35.6. The van der Waals surface area contributed by atoms with Crippen LogP contribution in [0.25, 0.3) is 21.7 Å². The van der Waals surface area contributed by atoms with E-state index in [1.807, 2.05) is 35.4 Å². The van der Waals surface area contributed by atoms with Gasteiger partial charge in [0, 0.05) is 42.9 Å². The van der Waals surface area contributed by atoms with Crippen LogP contribution >= 0.6 is 0 Å². The number of nitrogens with zero attached hydrogens (tertiary/aromatic N) is 1. The van der Waals surface area contributed by atoms with Crippen molar-refractivity contribution in [3.63, 3.8) is 0 Å². The number of hydrogen-bond donors (Lipinski definition) is 3. The van der Waals surface area contributed by atoms with Crippen LogP contribution in [0.3, 0.4) is 0 Å². The summed E-state index contributed by atoms with van der Waals surface area (Å²) < 4.78 is 0. The second-order valence-electron chi connectivity index (χ2n) is 16.5. The SMILES string of the molecule is NCCCC[C@H](N)C(=O)C[C@@H](Cc1c[nH]c2ccccc12)CN(CC(=O)CCc1cccc2ccccc12)C(=O)CC12CC3CC(CC(C3)C1)C2. The fourth-order valence-electron chi connectivity index (χ4n) is 10.5. The monoisotopic (exact) mass is 688 g/mol. The molecule has 270 valence electrons. The largest absolute Gasteiger partial charge is 0.361 e. The Hall–Kier alpha value is -3.81. The van der Waals surface area contributed by atoms with Crippen molar-refractivity contribution in [2.24, 2.45) is 40.6 Å². The second kappa shape index (κ2) is 15.8. The first-order chi connectivity index (χ1) is 24.8. The van der Waals surface area contributed by atoms with Crippen LogP contribution in [0, 0.1) is 29.1 Å². The quantitative estimate of drug-likeness (QED) is 0.0933. The van der Waals surface area contributed by atoms with Gasteiger partial charge < -0.3 is 21.4 Å². The van der Waals surface area contributed by atoms with E-state index in [1.54, 1.807) is 0 Å². The van der Waals surface area contributed by atoms with Crippen molar-refractivity contribution in [3.05, 3.63) is 84.1 Å². The number of aromatic nitrogens is 1. The lowest BCUT2D eigenvalue weighted by Crippen LogP contribution is -2.49. The van der Waals surface area contributed by atoms with Gasteiger partial charge in [0.05, 0.1) is 12.6 Å². The number of ketones is 2. The fraction of sp³-hybridized carbons (Fsp3) is 0.523. The van der Waals surface area contributed by atoms with Crippen molar-refractivity contribution in [3.8, 4) is 0 Å². The predicted octanol–water partition coefficient (Wildman–Crippen LogP) is 7.53. The minimum absolute atomic E-state index is 0.0210. The number of rotatable bonds is 18. The average Bonchev–Trinajstić information content (AvgIpc) is 3.52. The number of H-pyrrole nitrogens is 1. The average molecular weight is 689 g/mol. The highest BCUT2D eigenvalue weighted by molar-refractivity contribution is 5.89. The van der Waals surface area contributed by atoms with Crippen LogP contribution in [0.5, 0.6) is 0 Å². The molecule has 4 aliphatic rings. The molecule has 4 fully saturated rings. The van der Waals surface area contributed by atoms with E-state index in [-0.39, 0.29) is 41.8 Å². The molecule has 0 radical (unpaired) electrons. The lowest BCUT2D eigenvalue weighted by molar-refractivity contribution is -0.143. The number of hydrogen-bond acceptors (Lipinski definition) is 5. The summed E-state index contributed by atoms with van der Waals surface area (Å²) in [7, 11) is 0. The van der Waals surface area contributed by atoms with Crippen LogP contribution < -0.4 is 11.5 Å². The molecule has 5 N–H and O–H groups in total. The molecule has 2 atom stereocenters. The van der Waals surface area contributed by atoms with E-state index in [1.165, 1.54) is 30.0 Å². The Kier molecular flexibility index (Phi) is 11.0. The van der Waals surface area contributed by atoms with Gasteiger partial charge in [0.15, 0.2) is 5.78 Å². The number of aryl methyl sites for hydroxylation is 1. The smallest absolute Gasteiger partial charge is 0.223 e. The molecule has 4 aromatic rings. The molecule has 4 saturated carbocycles. The minimum atomic E-state index is -0.555. The second-order valence-corrected chi connectivity index (χ2v) is 16.5. The highest BCUT2D eigenvalue weighted by atomic mass is 16.2. The van der Waals surface area contributed by atoms with Crippen LogP contribution in [0.15, 0.2) is 72.9 Å². The number of para-hydroxylation sites is 1. The van der Waals surface area contributed by atoms with Gasteiger partial charge in [-0.25, -0.2) is 0 Å². The minimum Gasteiger partial charge on any atom is -0.361 e. The fourth-order valence-corrected chi connectivity index (χ4v) is 10.5. The molecule has 4 bridgehead atoms. The van der Waals surface area contributed by atoms with Crippen LogP contribution in [0.4, 0.5) is 0 Å². The molecule has 4 aliphatic carbocycles. The number of aromatic amines is 1. The van der Waals surface area contributed by atoms with Crippen molar-refractivity contribution >= 4 is 39.1 Å². The molecule has 7 heteroatoms. The predicted molar refractivity (Wildman–Crippen MR) is 205 cm³/mol. The van der Waals surface area contributed by atoms with Gasteiger partial charge in [-0.1, -0.05) is 67.1 Å². The topological polar surface area (TPSA) is 122 Å². The van der Waals surface area contributed by atoms with Gasteiger partial charge in [0.1, 0.15) is 5.78 Å². The molecule has 8 rings (SSSR count). The Morgan fingerprint density at radius 3 is 2.27 bits per heavy atom. The van der Waals surface area contributed by atoms with Crippen LogP contribution in [-0.4, -0.2) is 53.0 Å². The van der Waals surface area contributed by atoms with Crippen LogP contribution in [-0.2, 0) is 27.2 Å². The summed E-state index contributed by atoms with van der Waals surface area (Å²) in [5.74, 6) is 2.24. The van der Waals surface area contributed by atoms with E-state index in [4.69, 9.17) is 11.5 Å². The van der Waals surface area contributed by atoms with Crippen LogP contribution in [0.1, 0.15) is 88.2 Å². The molecule has 1 amide bonds. The van der Waals surface area contributed by atoms with Gasteiger partial charge in [-0.2, -0.15) is 0 Å². The normalized spacial score (nSPS) is 23.5. The van der Waals surface area contributed by atoms with Crippen molar-refractivity contribution in [2.45, 2.75) is 95.9 Å². The molecule has 0 saturated heterocycles. The highest BCUT2D eigenvalue weighted by Gasteiger charge is 2.51. The number of unbranched alkanes of at least 4 members (excludes halogenated alkanes) is 1. The Bertz CT molecular complexity index is 1800. The standard InChI is InChI=1S/C44H56N4O3/c45-17-6-5-13-40(46)42(50)22-33(21-36-27-47-41-14-4-3-12-39(36)41)28-48(43(51)26-44-23-30-18-31(24-44)20-32(19-30)25-44)29-37(49)16-15-35-10-7-9-34-8-1-2-11-38(34)35/h1-4,7-12,14,27,30-33,40,47H,5-6,13,15-26,28-29,45-46H2/t30?,31?,32?,33-,40+,44?/m1/s1. The number of carbonyl (C=O) groups excluding carboxylic acids is 3. The van der Waals surface area contributed by atoms with Gasteiger partial charge in [0.25, 0.3) is 0 Å². The highest BCUT2D eigenvalue weighted by Crippen LogP contribution is 2.61. The molecule has 1 aromatic heterocycles. The summed E-state index contributed by atoms with van der Waals surface area (Å²) in [6.07, 6.45) is 14.1. The molecule has 7 nitrogen and oxygen atoms in total. The summed E-state index contributed by atoms with van der Waals surface area (Å²) in [5, 5.41) is 3.46. The summed E-state index contributed by atoms with van der Waals surface area (Å²) in [4.78, 5) is 47.4. The number of benzene rings is 3. The maximum atomic E-state index is 14.6. The molecule has 1 heterocycles. The van der Waals surface area contributed by atoms with E-state index in [2.05, 4.69) is 47.4 Å². The molecule has 0 aliphatic heterocycles. The number of nitrogens with two attached hydrogens (primary N) is 2. The summed E-state index contributed by atoms with van der Waals surface area (Å²) in [6.45, 7) is 1.03. The van der Waals surface area contributed by atoms with E-state index >= 15 is 0 Å².